The van der Waals surface area contributed by atoms with E-state index >= 15 is 0 Å². The van der Waals surface area contributed by atoms with Gasteiger partial charge in [0.15, 0.2) is 5.96 Å². The number of para-hydroxylation sites is 2. The van der Waals surface area contributed by atoms with E-state index in [0.717, 1.165) is 49.1 Å². The molecule has 2 aromatic carbocycles. The van der Waals surface area contributed by atoms with Gasteiger partial charge in [0.05, 0.1) is 24.2 Å². The molecule has 0 spiro atoms. The highest BCUT2D eigenvalue weighted by Gasteiger charge is 2.15. The fourth-order valence-corrected chi connectivity index (χ4v) is 3.78. The van der Waals surface area contributed by atoms with Crippen LogP contribution in [0.15, 0.2) is 53.5 Å². The summed E-state index contributed by atoms with van der Waals surface area (Å²) in [5, 5.41) is 6.89. The van der Waals surface area contributed by atoms with E-state index in [1.54, 1.807) is 14.2 Å². The number of nitrogens with zero attached hydrogens (tertiary/aromatic N) is 4. The van der Waals surface area contributed by atoms with E-state index in [9.17, 15) is 0 Å². The molecule has 0 radical (unpaired) electrons. The smallest absolute Gasteiger partial charge is 0.191 e. The molecule has 0 saturated carbocycles. The van der Waals surface area contributed by atoms with Crippen LogP contribution in [0.2, 0.25) is 0 Å². The van der Waals surface area contributed by atoms with Gasteiger partial charge in [-0.1, -0.05) is 24.3 Å². The first kappa shape index (κ1) is 22.6. The number of ether oxygens (including phenoxy) is 1. The third-order valence-electron chi connectivity index (χ3n) is 5.48. The Bertz CT molecular complexity index is 1010. The number of aromatic nitrogens is 2. The number of fused-ring (bicyclic) bond motifs is 1. The molecule has 0 aliphatic rings. The van der Waals surface area contributed by atoms with Crippen molar-refractivity contribution >= 4 is 17.0 Å². The average molecular weight is 423 g/mol. The van der Waals surface area contributed by atoms with Gasteiger partial charge in [-0.25, -0.2) is 4.98 Å². The molecule has 0 saturated heterocycles. The van der Waals surface area contributed by atoms with Gasteiger partial charge in [-0.3, -0.25) is 4.99 Å². The van der Waals surface area contributed by atoms with Crippen LogP contribution < -0.4 is 15.4 Å². The van der Waals surface area contributed by atoms with Crippen LogP contribution in [0.1, 0.15) is 23.9 Å². The maximum absolute atomic E-state index is 5.38. The predicted molar refractivity (Wildman–Crippen MR) is 128 cm³/mol. The monoisotopic (exact) mass is 422 g/mol. The number of imidazole rings is 1. The summed E-state index contributed by atoms with van der Waals surface area (Å²) in [6.07, 6.45) is 0.981. The second-order valence-corrected chi connectivity index (χ2v) is 7.79. The summed E-state index contributed by atoms with van der Waals surface area (Å²) in [6, 6.07) is 16.7. The van der Waals surface area contributed by atoms with Crippen molar-refractivity contribution in [3.63, 3.8) is 0 Å². The fraction of sp³-hybridized carbons (Fsp3) is 0.417. The van der Waals surface area contributed by atoms with Gasteiger partial charge in [0.2, 0.25) is 0 Å². The van der Waals surface area contributed by atoms with E-state index in [2.05, 4.69) is 81.4 Å². The molecule has 0 amide bonds. The van der Waals surface area contributed by atoms with Gasteiger partial charge in [0.1, 0.15) is 11.6 Å². The van der Waals surface area contributed by atoms with Crippen LogP contribution in [-0.2, 0) is 6.54 Å². The van der Waals surface area contributed by atoms with Crippen molar-refractivity contribution in [3.05, 3.63) is 59.9 Å². The van der Waals surface area contributed by atoms with E-state index in [1.807, 2.05) is 18.2 Å². The summed E-state index contributed by atoms with van der Waals surface area (Å²) in [5.74, 6) is 2.73. The first-order chi connectivity index (χ1) is 15.0. The molecule has 166 valence electrons. The molecule has 1 atom stereocenters. The summed E-state index contributed by atoms with van der Waals surface area (Å²) < 4.78 is 7.66. The van der Waals surface area contributed by atoms with Gasteiger partial charge >= 0.3 is 0 Å². The Morgan fingerprint density at radius 2 is 1.97 bits per heavy atom. The van der Waals surface area contributed by atoms with Crippen LogP contribution in [-0.4, -0.2) is 61.8 Å². The number of likely N-dealkylation sites (N-methyl/N-ethyl adjacent to an activating group) is 1. The molecular formula is C24H34N6O. The van der Waals surface area contributed by atoms with Crippen molar-refractivity contribution in [1.82, 2.24) is 25.1 Å². The zero-order valence-corrected chi connectivity index (χ0v) is 19.2. The lowest BCUT2D eigenvalue weighted by Gasteiger charge is -2.26. The average Bonchev–Trinajstić information content (AvgIpc) is 3.10. The zero-order valence-electron chi connectivity index (χ0n) is 19.2. The topological polar surface area (TPSA) is 66.7 Å². The minimum Gasteiger partial charge on any atom is -0.497 e. The molecule has 0 aliphatic carbocycles. The summed E-state index contributed by atoms with van der Waals surface area (Å²) >= 11 is 0. The van der Waals surface area contributed by atoms with Crippen LogP contribution in [0.5, 0.6) is 5.75 Å². The number of benzene rings is 2. The first-order valence-electron chi connectivity index (χ1n) is 10.7. The largest absolute Gasteiger partial charge is 0.497 e. The number of aryl methyl sites for hydroxylation is 2. The molecule has 1 aromatic heterocycles. The van der Waals surface area contributed by atoms with Crippen molar-refractivity contribution in [2.24, 2.45) is 4.99 Å². The first-order valence-corrected chi connectivity index (χ1v) is 10.7. The van der Waals surface area contributed by atoms with E-state index in [1.165, 1.54) is 11.1 Å². The predicted octanol–water partition coefficient (Wildman–Crippen LogP) is 3.21. The highest BCUT2D eigenvalue weighted by Crippen LogP contribution is 2.22. The van der Waals surface area contributed by atoms with Crippen LogP contribution in [0.4, 0.5) is 0 Å². The molecule has 3 rings (SSSR count). The van der Waals surface area contributed by atoms with Crippen LogP contribution in [0.3, 0.4) is 0 Å². The molecule has 7 nitrogen and oxygen atoms in total. The molecule has 3 aromatic rings. The van der Waals surface area contributed by atoms with Crippen LogP contribution in [0.25, 0.3) is 11.0 Å². The Kier molecular flexibility index (Phi) is 7.89. The maximum atomic E-state index is 5.38. The second-order valence-electron chi connectivity index (χ2n) is 7.79. The Morgan fingerprint density at radius 1 is 1.16 bits per heavy atom. The summed E-state index contributed by atoms with van der Waals surface area (Å²) in [6.45, 7) is 4.55. The number of hydrogen-bond donors (Lipinski definition) is 2. The molecule has 1 heterocycles. The van der Waals surface area contributed by atoms with Gasteiger partial charge in [-0.2, -0.15) is 0 Å². The van der Waals surface area contributed by atoms with Crippen molar-refractivity contribution < 1.29 is 4.74 Å². The van der Waals surface area contributed by atoms with Gasteiger partial charge in [-0.05, 0) is 57.3 Å². The highest BCUT2D eigenvalue weighted by molar-refractivity contribution is 5.79. The number of guanidine groups is 1. The summed E-state index contributed by atoms with van der Waals surface area (Å²) in [5.41, 5.74) is 3.45. The van der Waals surface area contributed by atoms with Crippen molar-refractivity contribution in [2.75, 3.05) is 41.3 Å². The van der Waals surface area contributed by atoms with Crippen LogP contribution in [0, 0.1) is 6.92 Å². The Labute approximate surface area is 185 Å². The number of methoxy groups -OCH3 is 1. The molecule has 0 fully saturated rings. The third kappa shape index (κ3) is 5.76. The minimum absolute atomic E-state index is 0.202. The number of hydrogen-bond acceptors (Lipinski definition) is 4. The quantitative estimate of drug-likeness (QED) is 0.315. The zero-order chi connectivity index (χ0) is 22.2. The molecule has 2 N–H and O–H groups in total. The van der Waals surface area contributed by atoms with Gasteiger partial charge in [0.25, 0.3) is 0 Å². The molecule has 0 aliphatic heterocycles. The fourth-order valence-electron chi connectivity index (χ4n) is 3.78. The molecule has 7 heteroatoms. The Morgan fingerprint density at radius 3 is 2.71 bits per heavy atom. The minimum atomic E-state index is 0.202. The molecule has 31 heavy (non-hydrogen) atoms. The van der Waals surface area contributed by atoms with Gasteiger partial charge in [-0.15, -0.1) is 0 Å². The Hall–Kier alpha value is -3.06. The summed E-state index contributed by atoms with van der Waals surface area (Å²) in [7, 11) is 7.67. The maximum Gasteiger partial charge on any atom is 0.191 e. The number of nitrogens with one attached hydrogen (secondary N) is 2. The molecule has 0 bridgehead atoms. The number of aliphatic imine (C=N–C) groups is 1. The molecule has 1 unspecified atom stereocenters. The number of rotatable bonds is 9. The lowest BCUT2D eigenvalue weighted by molar-refractivity contribution is 0.297. The van der Waals surface area contributed by atoms with Crippen molar-refractivity contribution in [3.8, 4) is 5.75 Å². The third-order valence-corrected chi connectivity index (χ3v) is 5.48. The SMILES string of the molecule is CN=C(NCCCn1c(C)nc2ccccc21)NCC(c1cccc(OC)c1)N(C)C. The van der Waals surface area contributed by atoms with E-state index in [-0.39, 0.29) is 6.04 Å². The van der Waals surface area contributed by atoms with E-state index < -0.39 is 0 Å². The Balaban J connectivity index is 1.52. The van der Waals surface area contributed by atoms with Crippen LogP contribution >= 0.6 is 0 Å². The van der Waals surface area contributed by atoms with Gasteiger partial charge in [0, 0.05) is 26.7 Å². The van der Waals surface area contributed by atoms with Crippen molar-refractivity contribution in [2.45, 2.75) is 25.9 Å². The standard InChI is InChI=1S/C24H34N6O/c1-18-28-21-12-6-7-13-22(21)30(18)15-9-14-26-24(25-2)27-17-23(29(3)4)19-10-8-11-20(16-19)31-5/h6-8,10-13,16,23H,9,14-15,17H2,1-5H3,(H2,25,26,27). The van der Waals surface area contributed by atoms with E-state index in [0.29, 0.717) is 0 Å². The van der Waals surface area contributed by atoms with Crippen molar-refractivity contribution in [1.29, 1.82) is 0 Å². The second kappa shape index (κ2) is 10.8. The van der Waals surface area contributed by atoms with Gasteiger partial charge < -0.3 is 24.8 Å². The van der Waals surface area contributed by atoms with E-state index in [4.69, 9.17) is 4.74 Å². The highest BCUT2D eigenvalue weighted by atomic mass is 16.5. The normalized spacial score (nSPS) is 12.9. The molecular weight excluding hydrogens is 388 g/mol. The lowest BCUT2D eigenvalue weighted by atomic mass is 10.1. The summed E-state index contributed by atoms with van der Waals surface area (Å²) in [4.78, 5) is 11.2. The lowest BCUT2D eigenvalue weighted by Crippen LogP contribution is -2.42.